The van der Waals surface area contributed by atoms with E-state index in [1.54, 1.807) is 0 Å². The van der Waals surface area contributed by atoms with E-state index in [9.17, 15) is 4.21 Å². The number of hydrogen-bond acceptors (Lipinski definition) is 1. The molecule has 16 heavy (non-hydrogen) atoms. The van der Waals surface area contributed by atoms with Gasteiger partial charge < -0.3 is 0 Å². The van der Waals surface area contributed by atoms with Crippen molar-refractivity contribution in [1.29, 1.82) is 0 Å². The topological polar surface area (TPSA) is 29.1 Å². The zero-order chi connectivity index (χ0) is 12.3. The maximum absolute atomic E-state index is 11.9. The summed E-state index contributed by atoms with van der Waals surface area (Å²) in [5, 5.41) is 0. The van der Waals surface area contributed by atoms with E-state index < -0.39 is 11.0 Å². The monoisotopic (exact) mass is 303 g/mol. The van der Waals surface area contributed by atoms with Gasteiger partial charge >= 0.3 is 0 Å². The van der Waals surface area contributed by atoms with E-state index >= 15 is 0 Å². The highest BCUT2D eigenvalue weighted by molar-refractivity contribution is 9.10. The van der Waals surface area contributed by atoms with Crippen molar-refractivity contribution in [2.45, 2.75) is 38.5 Å². The van der Waals surface area contributed by atoms with Gasteiger partial charge in [0.05, 0.1) is 15.7 Å². The molecule has 0 radical (unpaired) electrons. The largest absolute Gasteiger partial charge is 0.242 e. The molecule has 0 spiro atoms. The minimum absolute atomic E-state index is 0.0811. The second-order valence-electron chi connectivity index (χ2n) is 4.78. The van der Waals surface area contributed by atoms with Crippen molar-refractivity contribution < 1.29 is 4.21 Å². The van der Waals surface area contributed by atoms with Crippen LogP contribution in [0.5, 0.6) is 0 Å². The summed E-state index contributed by atoms with van der Waals surface area (Å²) in [5.41, 5.74) is 1.13. The molecule has 2 nitrogen and oxygen atoms in total. The number of hydrogen-bond donors (Lipinski definition) is 1. The van der Waals surface area contributed by atoms with Gasteiger partial charge in [-0.25, -0.2) is 8.93 Å². The fourth-order valence-electron chi connectivity index (χ4n) is 1.18. The van der Waals surface area contributed by atoms with Crippen molar-refractivity contribution >= 4 is 26.9 Å². The first-order valence-electron chi connectivity index (χ1n) is 5.24. The summed E-state index contributed by atoms with van der Waals surface area (Å²) >= 11 is 3.43. The predicted molar refractivity (Wildman–Crippen MR) is 73.6 cm³/mol. The highest BCUT2D eigenvalue weighted by atomic mass is 79.9. The highest BCUT2D eigenvalue weighted by Crippen LogP contribution is 2.20. The first-order chi connectivity index (χ1) is 7.30. The molecule has 1 aromatic rings. The van der Waals surface area contributed by atoms with Crippen LogP contribution in [0.25, 0.3) is 0 Å². The summed E-state index contributed by atoms with van der Waals surface area (Å²) in [5.74, 6) is 0. The zero-order valence-electron chi connectivity index (χ0n) is 10.1. The molecule has 1 unspecified atom stereocenters. The first kappa shape index (κ1) is 13.9. The molecule has 0 aliphatic heterocycles. The Balaban J connectivity index is 2.73. The van der Waals surface area contributed by atoms with Crippen LogP contribution in [0.15, 0.2) is 28.7 Å². The molecular weight excluding hydrogens is 286 g/mol. The fraction of sp³-hybridized carbons (Fsp3) is 0.500. The van der Waals surface area contributed by atoms with Gasteiger partial charge in [0.1, 0.15) is 0 Å². The standard InChI is InChI=1S/C12H18BrNOS/c1-9(14-16(15)12(2,3)4)10-6-5-7-11(13)8-10/h5-9,14H,1-4H3/t9-,16?/m0/s1. The lowest BCUT2D eigenvalue weighted by Crippen LogP contribution is -2.34. The van der Waals surface area contributed by atoms with Crippen LogP contribution in [0, 0.1) is 0 Å². The number of rotatable bonds is 3. The second-order valence-corrected chi connectivity index (χ2v) is 7.69. The van der Waals surface area contributed by atoms with E-state index in [2.05, 4.69) is 20.7 Å². The maximum atomic E-state index is 11.9. The molecule has 1 aromatic carbocycles. The minimum atomic E-state index is -1.04. The van der Waals surface area contributed by atoms with Crippen LogP contribution in [0.1, 0.15) is 39.3 Å². The molecule has 90 valence electrons. The summed E-state index contributed by atoms with van der Waals surface area (Å²) in [6.45, 7) is 7.91. The number of nitrogens with one attached hydrogen (secondary N) is 1. The Bertz CT molecular complexity index is 387. The molecule has 0 saturated carbocycles. The van der Waals surface area contributed by atoms with Crippen LogP contribution in [-0.2, 0) is 11.0 Å². The molecule has 0 heterocycles. The number of benzene rings is 1. The van der Waals surface area contributed by atoms with Crippen LogP contribution in [-0.4, -0.2) is 8.96 Å². The third-order valence-corrected chi connectivity index (χ3v) is 4.36. The quantitative estimate of drug-likeness (QED) is 0.909. The molecule has 2 atom stereocenters. The van der Waals surface area contributed by atoms with Crippen LogP contribution in [0.2, 0.25) is 0 Å². The Morgan fingerprint density at radius 3 is 2.50 bits per heavy atom. The number of halogens is 1. The lowest BCUT2D eigenvalue weighted by molar-refractivity contribution is 0.616. The SMILES string of the molecule is C[C@H](NS(=O)C(C)(C)C)c1cccc(Br)c1. The van der Waals surface area contributed by atoms with Gasteiger partial charge in [-0.05, 0) is 45.4 Å². The Kier molecular flexibility index (Phi) is 4.71. The molecule has 1 N–H and O–H groups in total. The Labute approximate surface area is 109 Å². The lowest BCUT2D eigenvalue weighted by Gasteiger charge is -2.22. The van der Waals surface area contributed by atoms with Crippen molar-refractivity contribution in [1.82, 2.24) is 4.72 Å². The first-order valence-corrected chi connectivity index (χ1v) is 7.18. The molecule has 0 amide bonds. The summed E-state index contributed by atoms with van der Waals surface area (Å²) in [6, 6.07) is 8.12. The summed E-state index contributed by atoms with van der Waals surface area (Å²) in [7, 11) is -1.04. The van der Waals surface area contributed by atoms with E-state index in [4.69, 9.17) is 0 Å². The van der Waals surface area contributed by atoms with E-state index in [1.807, 2.05) is 52.0 Å². The third kappa shape index (κ3) is 4.00. The van der Waals surface area contributed by atoms with Crippen molar-refractivity contribution in [2.75, 3.05) is 0 Å². The van der Waals surface area contributed by atoms with Gasteiger partial charge in [0.15, 0.2) is 0 Å². The minimum Gasteiger partial charge on any atom is -0.242 e. The molecule has 0 bridgehead atoms. The zero-order valence-corrected chi connectivity index (χ0v) is 12.5. The maximum Gasteiger partial charge on any atom is 0.0975 e. The highest BCUT2D eigenvalue weighted by Gasteiger charge is 2.21. The van der Waals surface area contributed by atoms with Gasteiger partial charge in [0, 0.05) is 10.5 Å². The van der Waals surface area contributed by atoms with E-state index in [1.165, 1.54) is 0 Å². The average Bonchev–Trinajstić information content (AvgIpc) is 2.16. The molecule has 4 heteroatoms. The molecule has 0 aliphatic carbocycles. The van der Waals surface area contributed by atoms with Crippen molar-refractivity contribution in [3.63, 3.8) is 0 Å². The predicted octanol–water partition coefficient (Wildman–Crippen LogP) is 3.56. The Morgan fingerprint density at radius 1 is 1.38 bits per heavy atom. The van der Waals surface area contributed by atoms with Gasteiger partial charge in [0.2, 0.25) is 0 Å². The molecule has 1 rings (SSSR count). The molecule has 0 aromatic heterocycles. The third-order valence-electron chi connectivity index (χ3n) is 2.19. The van der Waals surface area contributed by atoms with Gasteiger partial charge in [-0.1, -0.05) is 28.1 Å². The van der Waals surface area contributed by atoms with E-state index in [0.29, 0.717) is 0 Å². The van der Waals surface area contributed by atoms with Crippen LogP contribution in [0.3, 0.4) is 0 Å². The van der Waals surface area contributed by atoms with E-state index in [0.717, 1.165) is 10.0 Å². The Hall–Kier alpha value is -0.190. The normalized spacial score (nSPS) is 15.8. The summed E-state index contributed by atoms with van der Waals surface area (Å²) in [4.78, 5) is 0. The van der Waals surface area contributed by atoms with Crippen molar-refractivity contribution in [3.05, 3.63) is 34.3 Å². The molecule has 0 fully saturated rings. The van der Waals surface area contributed by atoms with E-state index in [-0.39, 0.29) is 10.8 Å². The Morgan fingerprint density at radius 2 is 2.00 bits per heavy atom. The van der Waals surface area contributed by atoms with Gasteiger partial charge in [-0.3, -0.25) is 0 Å². The molecule has 0 aliphatic rings. The van der Waals surface area contributed by atoms with Crippen molar-refractivity contribution in [3.8, 4) is 0 Å². The van der Waals surface area contributed by atoms with Gasteiger partial charge in [-0.15, -0.1) is 0 Å². The van der Waals surface area contributed by atoms with Crippen molar-refractivity contribution in [2.24, 2.45) is 0 Å². The van der Waals surface area contributed by atoms with Gasteiger partial charge in [0.25, 0.3) is 0 Å². The van der Waals surface area contributed by atoms with Crippen LogP contribution in [0.4, 0.5) is 0 Å². The van der Waals surface area contributed by atoms with Crippen LogP contribution < -0.4 is 4.72 Å². The van der Waals surface area contributed by atoms with Gasteiger partial charge in [-0.2, -0.15) is 0 Å². The summed E-state index contributed by atoms with van der Waals surface area (Å²) < 4.78 is 15.8. The second kappa shape index (κ2) is 5.43. The van der Waals surface area contributed by atoms with Crippen LogP contribution >= 0.6 is 15.9 Å². The molecule has 0 saturated heterocycles. The fourth-order valence-corrected chi connectivity index (χ4v) is 2.41. The average molecular weight is 304 g/mol. The summed E-state index contributed by atoms with van der Waals surface area (Å²) in [6.07, 6.45) is 0. The smallest absolute Gasteiger partial charge is 0.0975 e. The lowest BCUT2D eigenvalue weighted by atomic mass is 10.1. The molecular formula is C12H18BrNOS.